The third kappa shape index (κ3) is 3.81. The minimum absolute atomic E-state index is 0.136. The SMILES string of the molecule is COCCOc1cc2nccc(Oc3ccc(N)cc3)c2cc1[N+](=O)[O-]. The number of pyridine rings is 1. The average Bonchev–Trinajstić information content (AvgIpc) is 2.63. The Morgan fingerprint density at radius 1 is 1.12 bits per heavy atom. The van der Waals surface area contributed by atoms with Gasteiger partial charge in [-0.1, -0.05) is 0 Å². The average molecular weight is 355 g/mol. The summed E-state index contributed by atoms with van der Waals surface area (Å²) in [7, 11) is 1.53. The molecule has 0 radical (unpaired) electrons. The number of anilines is 1. The van der Waals surface area contributed by atoms with E-state index in [1.807, 2.05) is 0 Å². The van der Waals surface area contributed by atoms with Crippen molar-refractivity contribution in [1.82, 2.24) is 4.98 Å². The van der Waals surface area contributed by atoms with E-state index in [-0.39, 0.29) is 18.0 Å². The van der Waals surface area contributed by atoms with Crippen LogP contribution in [0.15, 0.2) is 48.7 Å². The van der Waals surface area contributed by atoms with Gasteiger partial charge in [-0.15, -0.1) is 0 Å². The van der Waals surface area contributed by atoms with Crippen LogP contribution in [0.2, 0.25) is 0 Å². The van der Waals surface area contributed by atoms with Gasteiger partial charge in [-0.25, -0.2) is 0 Å². The van der Waals surface area contributed by atoms with Crippen LogP contribution in [0.4, 0.5) is 11.4 Å². The van der Waals surface area contributed by atoms with Crippen molar-refractivity contribution in [2.45, 2.75) is 0 Å². The van der Waals surface area contributed by atoms with E-state index in [4.69, 9.17) is 19.9 Å². The second-order valence-corrected chi connectivity index (χ2v) is 5.42. The fourth-order valence-electron chi connectivity index (χ4n) is 2.38. The Kier molecular flexibility index (Phi) is 5.14. The highest BCUT2D eigenvalue weighted by atomic mass is 16.6. The Morgan fingerprint density at radius 3 is 2.58 bits per heavy atom. The van der Waals surface area contributed by atoms with Crippen LogP contribution in [0, 0.1) is 10.1 Å². The fourth-order valence-corrected chi connectivity index (χ4v) is 2.38. The lowest BCUT2D eigenvalue weighted by atomic mass is 10.1. The van der Waals surface area contributed by atoms with Gasteiger partial charge in [-0.2, -0.15) is 0 Å². The number of nitrogens with zero attached hydrogens (tertiary/aromatic N) is 2. The number of hydrogen-bond acceptors (Lipinski definition) is 7. The summed E-state index contributed by atoms with van der Waals surface area (Å²) in [6.45, 7) is 0.521. The molecular formula is C18H17N3O5. The largest absolute Gasteiger partial charge is 0.484 e. The van der Waals surface area contributed by atoms with E-state index in [0.29, 0.717) is 34.7 Å². The Hall–Kier alpha value is -3.39. The zero-order chi connectivity index (χ0) is 18.5. The topological polar surface area (TPSA) is 110 Å². The lowest BCUT2D eigenvalue weighted by Gasteiger charge is -2.11. The molecule has 8 nitrogen and oxygen atoms in total. The van der Waals surface area contributed by atoms with Crippen molar-refractivity contribution in [3.05, 3.63) is 58.8 Å². The highest BCUT2D eigenvalue weighted by molar-refractivity contribution is 5.89. The maximum atomic E-state index is 11.4. The first-order valence-corrected chi connectivity index (χ1v) is 7.81. The molecule has 0 aliphatic carbocycles. The van der Waals surface area contributed by atoms with Crippen LogP contribution in [0.5, 0.6) is 17.2 Å². The van der Waals surface area contributed by atoms with E-state index in [2.05, 4.69) is 4.98 Å². The second-order valence-electron chi connectivity index (χ2n) is 5.42. The Bertz CT molecular complexity index is 928. The molecule has 0 unspecified atom stereocenters. The Labute approximate surface area is 149 Å². The van der Waals surface area contributed by atoms with E-state index in [1.54, 1.807) is 36.5 Å². The molecular weight excluding hydrogens is 338 g/mol. The van der Waals surface area contributed by atoms with Gasteiger partial charge in [0.2, 0.25) is 0 Å². The smallest absolute Gasteiger partial charge is 0.311 e. The summed E-state index contributed by atoms with van der Waals surface area (Å²) >= 11 is 0. The third-order valence-corrected chi connectivity index (χ3v) is 3.63. The van der Waals surface area contributed by atoms with Crippen LogP contribution in [-0.2, 0) is 4.74 Å². The van der Waals surface area contributed by atoms with E-state index < -0.39 is 4.92 Å². The number of nitro benzene ring substituents is 1. The number of methoxy groups -OCH3 is 1. The first-order chi connectivity index (χ1) is 12.6. The van der Waals surface area contributed by atoms with Crippen LogP contribution in [0.25, 0.3) is 10.9 Å². The first kappa shape index (κ1) is 17.4. The standard InChI is InChI=1S/C18H17N3O5/c1-24-8-9-25-18-11-15-14(10-16(18)21(22)23)17(6-7-20-15)26-13-4-2-12(19)3-5-13/h2-7,10-11H,8-9,19H2,1H3. The van der Waals surface area contributed by atoms with Gasteiger partial charge < -0.3 is 19.9 Å². The van der Waals surface area contributed by atoms with E-state index in [1.165, 1.54) is 19.2 Å². The molecule has 3 rings (SSSR count). The van der Waals surface area contributed by atoms with Gasteiger partial charge in [-0.3, -0.25) is 15.1 Å². The number of ether oxygens (including phenoxy) is 3. The lowest BCUT2D eigenvalue weighted by molar-refractivity contribution is -0.385. The molecule has 0 saturated heterocycles. The van der Waals surface area contributed by atoms with Gasteiger partial charge in [0.25, 0.3) is 0 Å². The molecule has 8 heteroatoms. The number of aromatic nitrogens is 1. The molecule has 0 aliphatic heterocycles. The molecule has 3 aromatic rings. The summed E-state index contributed by atoms with van der Waals surface area (Å²) in [5.74, 6) is 1.15. The monoisotopic (exact) mass is 355 g/mol. The molecule has 1 heterocycles. The van der Waals surface area contributed by atoms with Crippen molar-refractivity contribution in [3.8, 4) is 17.2 Å². The molecule has 0 atom stereocenters. The molecule has 2 N–H and O–H groups in total. The molecule has 1 aromatic heterocycles. The summed E-state index contributed by atoms with van der Waals surface area (Å²) in [5.41, 5.74) is 6.64. The normalized spacial score (nSPS) is 10.7. The van der Waals surface area contributed by atoms with Gasteiger partial charge in [0.1, 0.15) is 18.1 Å². The van der Waals surface area contributed by atoms with Crippen LogP contribution in [0.1, 0.15) is 0 Å². The Morgan fingerprint density at radius 2 is 1.88 bits per heavy atom. The molecule has 0 amide bonds. The number of nitrogens with two attached hydrogens (primary N) is 1. The number of fused-ring (bicyclic) bond motifs is 1. The van der Waals surface area contributed by atoms with Gasteiger partial charge in [0.05, 0.1) is 22.4 Å². The molecule has 2 aromatic carbocycles. The van der Waals surface area contributed by atoms with Crippen LogP contribution < -0.4 is 15.2 Å². The van der Waals surface area contributed by atoms with Gasteiger partial charge in [0.15, 0.2) is 5.75 Å². The summed E-state index contributed by atoms with van der Waals surface area (Å²) in [5, 5.41) is 11.9. The molecule has 0 fully saturated rings. The zero-order valence-electron chi connectivity index (χ0n) is 14.0. The summed E-state index contributed by atoms with van der Waals surface area (Å²) in [6.07, 6.45) is 1.57. The number of rotatable bonds is 7. The molecule has 26 heavy (non-hydrogen) atoms. The second kappa shape index (κ2) is 7.66. The fraction of sp³-hybridized carbons (Fsp3) is 0.167. The number of nitro groups is 1. The third-order valence-electron chi connectivity index (χ3n) is 3.63. The van der Waals surface area contributed by atoms with Crippen LogP contribution >= 0.6 is 0 Å². The van der Waals surface area contributed by atoms with E-state index in [9.17, 15) is 10.1 Å². The van der Waals surface area contributed by atoms with Gasteiger partial charge >= 0.3 is 5.69 Å². The van der Waals surface area contributed by atoms with E-state index in [0.717, 1.165) is 0 Å². The predicted molar refractivity (Wildman–Crippen MR) is 96.7 cm³/mol. The zero-order valence-corrected chi connectivity index (χ0v) is 14.0. The first-order valence-electron chi connectivity index (χ1n) is 7.81. The maximum Gasteiger partial charge on any atom is 0.311 e. The Balaban J connectivity index is 2.01. The minimum atomic E-state index is -0.498. The van der Waals surface area contributed by atoms with Crippen molar-refractivity contribution in [2.24, 2.45) is 0 Å². The van der Waals surface area contributed by atoms with Crippen molar-refractivity contribution in [1.29, 1.82) is 0 Å². The highest BCUT2D eigenvalue weighted by Gasteiger charge is 2.19. The summed E-state index contributed by atoms with van der Waals surface area (Å²) < 4.78 is 16.2. The molecule has 0 bridgehead atoms. The van der Waals surface area contributed by atoms with Crippen molar-refractivity contribution in [2.75, 3.05) is 26.1 Å². The number of benzene rings is 2. The quantitative estimate of drug-likeness (QED) is 0.299. The van der Waals surface area contributed by atoms with Crippen LogP contribution in [0.3, 0.4) is 0 Å². The van der Waals surface area contributed by atoms with Gasteiger partial charge in [0, 0.05) is 31.1 Å². The van der Waals surface area contributed by atoms with Gasteiger partial charge in [-0.05, 0) is 30.3 Å². The van der Waals surface area contributed by atoms with Crippen molar-refractivity contribution in [3.63, 3.8) is 0 Å². The van der Waals surface area contributed by atoms with E-state index >= 15 is 0 Å². The number of nitrogen functional groups attached to an aromatic ring is 1. The number of hydrogen-bond donors (Lipinski definition) is 1. The van der Waals surface area contributed by atoms with Crippen LogP contribution in [-0.4, -0.2) is 30.2 Å². The minimum Gasteiger partial charge on any atom is -0.484 e. The molecule has 0 spiro atoms. The molecule has 134 valence electrons. The maximum absolute atomic E-state index is 11.4. The summed E-state index contributed by atoms with van der Waals surface area (Å²) in [4.78, 5) is 15.2. The molecule has 0 aliphatic rings. The predicted octanol–water partition coefficient (Wildman–Crippen LogP) is 3.54. The highest BCUT2D eigenvalue weighted by Crippen LogP contribution is 2.36. The molecule has 0 saturated carbocycles. The lowest BCUT2D eigenvalue weighted by Crippen LogP contribution is -2.06. The summed E-state index contributed by atoms with van der Waals surface area (Å²) in [6, 6.07) is 11.4. The van der Waals surface area contributed by atoms with Crippen molar-refractivity contribution < 1.29 is 19.1 Å². The van der Waals surface area contributed by atoms with Crippen molar-refractivity contribution >= 4 is 22.3 Å².